The Balaban J connectivity index is 2.10. The molecule has 3 N–H and O–H groups in total. The van der Waals surface area contributed by atoms with Crippen molar-refractivity contribution in [1.82, 2.24) is 5.32 Å². The molecule has 0 saturated carbocycles. The van der Waals surface area contributed by atoms with Crippen molar-refractivity contribution in [3.8, 4) is 0 Å². The van der Waals surface area contributed by atoms with Crippen LogP contribution in [-0.4, -0.2) is 11.9 Å². The average molecular weight is 388 g/mol. The number of hydrogen-bond acceptors (Lipinski definition) is 2. The SMILES string of the molecule is CC(=O)Nc1ccc(NC(=O)NC(CC(C)(C)C)c2ccccc2)c(Cl)c1. The number of hydrogen-bond donors (Lipinski definition) is 3. The zero-order valence-corrected chi connectivity index (χ0v) is 16.9. The summed E-state index contributed by atoms with van der Waals surface area (Å²) in [6, 6.07) is 14.4. The van der Waals surface area contributed by atoms with E-state index in [2.05, 4.69) is 36.7 Å². The van der Waals surface area contributed by atoms with Crippen LogP contribution in [0.2, 0.25) is 5.02 Å². The Hall–Kier alpha value is -2.53. The van der Waals surface area contributed by atoms with Crippen LogP contribution in [0, 0.1) is 5.41 Å². The molecule has 0 bridgehead atoms. The Morgan fingerprint density at radius 2 is 1.70 bits per heavy atom. The molecular weight excluding hydrogens is 362 g/mol. The second-order valence-corrected chi connectivity index (χ2v) is 8.11. The number of carbonyl (C=O) groups excluding carboxylic acids is 2. The van der Waals surface area contributed by atoms with Gasteiger partial charge in [-0.05, 0) is 35.6 Å². The van der Waals surface area contributed by atoms with Crippen LogP contribution >= 0.6 is 11.6 Å². The van der Waals surface area contributed by atoms with Gasteiger partial charge in [0.1, 0.15) is 0 Å². The number of nitrogens with one attached hydrogen (secondary N) is 3. The van der Waals surface area contributed by atoms with E-state index >= 15 is 0 Å². The van der Waals surface area contributed by atoms with Crippen molar-refractivity contribution in [3.05, 3.63) is 59.1 Å². The van der Waals surface area contributed by atoms with Gasteiger partial charge in [-0.2, -0.15) is 0 Å². The standard InChI is InChI=1S/C21H26ClN3O2/c1-14(26)23-16-10-11-18(17(22)12-16)24-20(27)25-19(13-21(2,3)4)15-8-6-5-7-9-15/h5-12,19H,13H2,1-4H3,(H,23,26)(H2,24,25,27). The molecule has 0 aliphatic carbocycles. The predicted molar refractivity (Wildman–Crippen MR) is 111 cm³/mol. The second kappa shape index (κ2) is 8.91. The largest absolute Gasteiger partial charge is 0.331 e. The van der Waals surface area contributed by atoms with Gasteiger partial charge in [-0.3, -0.25) is 4.79 Å². The minimum Gasteiger partial charge on any atom is -0.331 e. The summed E-state index contributed by atoms with van der Waals surface area (Å²) in [6.07, 6.45) is 0.791. The van der Waals surface area contributed by atoms with Gasteiger partial charge in [-0.15, -0.1) is 0 Å². The lowest BCUT2D eigenvalue weighted by molar-refractivity contribution is -0.114. The van der Waals surface area contributed by atoms with Crippen LogP contribution in [0.4, 0.5) is 16.2 Å². The van der Waals surface area contributed by atoms with Gasteiger partial charge in [-0.25, -0.2) is 4.79 Å². The molecule has 1 atom stereocenters. The lowest BCUT2D eigenvalue weighted by atomic mass is 9.85. The number of carbonyl (C=O) groups is 2. The number of benzene rings is 2. The highest BCUT2D eigenvalue weighted by Gasteiger charge is 2.22. The Morgan fingerprint density at radius 1 is 1.04 bits per heavy atom. The van der Waals surface area contributed by atoms with Gasteiger partial charge in [0.05, 0.1) is 16.8 Å². The normalized spacial score (nSPS) is 12.2. The quantitative estimate of drug-likeness (QED) is 0.625. The van der Waals surface area contributed by atoms with Gasteiger partial charge in [0.25, 0.3) is 0 Å². The molecule has 2 rings (SSSR count). The Morgan fingerprint density at radius 3 is 2.26 bits per heavy atom. The molecule has 0 saturated heterocycles. The molecule has 144 valence electrons. The molecule has 2 aromatic carbocycles. The Labute approximate surface area is 165 Å². The highest BCUT2D eigenvalue weighted by molar-refractivity contribution is 6.34. The summed E-state index contributed by atoms with van der Waals surface area (Å²) < 4.78 is 0. The fraction of sp³-hybridized carbons (Fsp3) is 0.333. The van der Waals surface area contributed by atoms with Crippen LogP contribution in [0.1, 0.15) is 45.7 Å². The first-order chi connectivity index (χ1) is 12.6. The lowest BCUT2D eigenvalue weighted by Crippen LogP contribution is -2.34. The van der Waals surface area contributed by atoms with Crippen molar-refractivity contribution in [2.24, 2.45) is 5.41 Å². The number of rotatable bonds is 5. The van der Waals surface area contributed by atoms with Crippen molar-refractivity contribution in [1.29, 1.82) is 0 Å². The third kappa shape index (κ3) is 6.94. The van der Waals surface area contributed by atoms with E-state index in [1.54, 1.807) is 18.2 Å². The zero-order chi connectivity index (χ0) is 20.0. The molecule has 6 heteroatoms. The average Bonchev–Trinajstić information content (AvgIpc) is 2.56. The second-order valence-electron chi connectivity index (χ2n) is 7.70. The first-order valence-electron chi connectivity index (χ1n) is 8.84. The smallest absolute Gasteiger partial charge is 0.319 e. The Bertz CT molecular complexity index is 801. The molecule has 0 radical (unpaired) electrons. The van der Waals surface area contributed by atoms with Crippen LogP contribution in [0.25, 0.3) is 0 Å². The third-order valence-electron chi connectivity index (χ3n) is 3.86. The van der Waals surface area contributed by atoms with Crippen LogP contribution in [0.15, 0.2) is 48.5 Å². The zero-order valence-electron chi connectivity index (χ0n) is 16.1. The molecular formula is C21H26ClN3O2. The summed E-state index contributed by atoms with van der Waals surface area (Å²) in [5, 5.41) is 8.82. The first kappa shape index (κ1) is 20.8. The van der Waals surface area contributed by atoms with Crippen molar-refractivity contribution < 1.29 is 9.59 Å². The molecule has 0 heterocycles. The molecule has 1 unspecified atom stereocenters. The van der Waals surface area contributed by atoms with Crippen LogP contribution in [-0.2, 0) is 4.79 Å². The summed E-state index contributed by atoms with van der Waals surface area (Å²) in [7, 11) is 0. The molecule has 5 nitrogen and oxygen atoms in total. The first-order valence-corrected chi connectivity index (χ1v) is 9.21. The molecule has 0 fully saturated rings. The van der Waals surface area contributed by atoms with Crippen molar-refractivity contribution in [2.75, 3.05) is 10.6 Å². The van der Waals surface area contributed by atoms with E-state index in [9.17, 15) is 9.59 Å². The van der Waals surface area contributed by atoms with E-state index in [-0.39, 0.29) is 23.4 Å². The van der Waals surface area contributed by atoms with E-state index in [1.807, 2.05) is 30.3 Å². The van der Waals surface area contributed by atoms with Gasteiger partial charge < -0.3 is 16.0 Å². The fourth-order valence-corrected chi connectivity index (χ4v) is 2.99. The van der Waals surface area contributed by atoms with Gasteiger partial charge >= 0.3 is 6.03 Å². The Kier molecular flexibility index (Phi) is 6.86. The summed E-state index contributed by atoms with van der Waals surface area (Å²) in [5.41, 5.74) is 2.15. The van der Waals surface area contributed by atoms with E-state index in [0.717, 1.165) is 12.0 Å². The number of anilines is 2. The molecule has 3 amide bonds. The topological polar surface area (TPSA) is 70.2 Å². The molecule has 0 aromatic heterocycles. The predicted octanol–water partition coefficient (Wildman–Crippen LogP) is 5.60. The summed E-state index contributed by atoms with van der Waals surface area (Å²) in [5.74, 6) is -0.183. The van der Waals surface area contributed by atoms with E-state index in [4.69, 9.17) is 11.6 Å². The van der Waals surface area contributed by atoms with Gasteiger partial charge in [0, 0.05) is 12.6 Å². The highest BCUT2D eigenvalue weighted by atomic mass is 35.5. The maximum atomic E-state index is 12.5. The highest BCUT2D eigenvalue weighted by Crippen LogP contribution is 2.30. The number of halogens is 1. The van der Waals surface area contributed by atoms with Gasteiger partial charge in [-0.1, -0.05) is 62.7 Å². The van der Waals surface area contributed by atoms with E-state index < -0.39 is 0 Å². The lowest BCUT2D eigenvalue weighted by Gasteiger charge is -2.27. The van der Waals surface area contributed by atoms with Gasteiger partial charge in [0.15, 0.2) is 0 Å². The van der Waals surface area contributed by atoms with Gasteiger partial charge in [0.2, 0.25) is 5.91 Å². The van der Waals surface area contributed by atoms with Crippen LogP contribution in [0.3, 0.4) is 0 Å². The summed E-state index contributed by atoms with van der Waals surface area (Å²) in [4.78, 5) is 23.7. The summed E-state index contributed by atoms with van der Waals surface area (Å²) >= 11 is 6.22. The third-order valence-corrected chi connectivity index (χ3v) is 4.17. The van der Waals surface area contributed by atoms with E-state index in [1.165, 1.54) is 6.92 Å². The van der Waals surface area contributed by atoms with Crippen molar-refractivity contribution in [3.63, 3.8) is 0 Å². The monoisotopic (exact) mass is 387 g/mol. The maximum absolute atomic E-state index is 12.5. The number of urea groups is 1. The fourth-order valence-electron chi connectivity index (χ4n) is 2.76. The van der Waals surface area contributed by atoms with Crippen molar-refractivity contribution in [2.45, 2.75) is 40.2 Å². The van der Waals surface area contributed by atoms with Crippen LogP contribution < -0.4 is 16.0 Å². The molecule has 0 aliphatic rings. The number of amides is 3. The molecule has 0 aliphatic heterocycles. The molecule has 27 heavy (non-hydrogen) atoms. The van der Waals surface area contributed by atoms with Crippen LogP contribution in [0.5, 0.6) is 0 Å². The maximum Gasteiger partial charge on any atom is 0.319 e. The minimum absolute atomic E-state index is 0.0471. The van der Waals surface area contributed by atoms with E-state index in [0.29, 0.717) is 16.4 Å². The van der Waals surface area contributed by atoms with Crippen molar-refractivity contribution >= 4 is 34.9 Å². The minimum atomic E-state index is -0.331. The molecule has 2 aromatic rings. The summed E-state index contributed by atoms with van der Waals surface area (Å²) in [6.45, 7) is 7.84. The molecule has 0 spiro atoms.